The van der Waals surface area contributed by atoms with Crippen LogP contribution in [0.4, 0.5) is 4.39 Å². The molecule has 2 aromatic heterocycles. The van der Waals surface area contributed by atoms with Gasteiger partial charge in [0.05, 0.1) is 29.3 Å². The SMILES string of the molecule is C[C@@]12CC[C@@](C)(N1)[C@H](F)[C@@H](Oc1cnc(-c3ccc(-n4ccnc4)cc3O)nn1)C2. The lowest BCUT2D eigenvalue weighted by molar-refractivity contribution is -0.00973. The molecule has 0 aliphatic carbocycles. The Morgan fingerprint density at radius 2 is 2.13 bits per heavy atom. The summed E-state index contributed by atoms with van der Waals surface area (Å²) in [6.45, 7) is 4.01. The Kier molecular flexibility index (Phi) is 4.25. The van der Waals surface area contributed by atoms with Crippen LogP contribution in [0.2, 0.25) is 0 Å². The fourth-order valence-corrected chi connectivity index (χ4v) is 4.65. The number of aromatic hydroxyl groups is 1. The topological polar surface area (TPSA) is 98.0 Å². The van der Waals surface area contributed by atoms with E-state index in [1.54, 1.807) is 35.4 Å². The summed E-state index contributed by atoms with van der Waals surface area (Å²) < 4.78 is 22.7. The molecule has 8 nitrogen and oxygen atoms in total. The van der Waals surface area contributed by atoms with Gasteiger partial charge >= 0.3 is 0 Å². The number of nitrogens with zero attached hydrogens (tertiary/aromatic N) is 5. The van der Waals surface area contributed by atoms with Crippen molar-refractivity contribution in [1.82, 2.24) is 30.0 Å². The minimum Gasteiger partial charge on any atom is -0.507 e. The Bertz CT molecular complexity index is 1060. The summed E-state index contributed by atoms with van der Waals surface area (Å²) in [4.78, 5) is 8.26. The molecular weight excluding hydrogens is 387 g/mol. The predicted molar refractivity (Wildman–Crippen MR) is 107 cm³/mol. The van der Waals surface area contributed by atoms with Crippen molar-refractivity contribution in [3.05, 3.63) is 43.1 Å². The molecule has 2 N–H and O–H groups in total. The van der Waals surface area contributed by atoms with Gasteiger partial charge in [0.2, 0.25) is 0 Å². The summed E-state index contributed by atoms with van der Waals surface area (Å²) in [5.74, 6) is 0.462. The molecule has 30 heavy (non-hydrogen) atoms. The number of phenols is 1. The average molecular weight is 410 g/mol. The van der Waals surface area contributed by atoms with Gasteiger partial charge in [-0.1, -0.05) is 0 Å². The Morgan fingerprint density at radius 1 is 1.27 bits per heavy atom. The first-order valence-electron chi connectivity index (χ1n) is 9.97. The molecule has 9 heteroatoms. The number of rotatable bonds is 4. The first-order chi connectivity index (χ1) is 14.4. The Labute approximate surface area is 173 Å². The number of halogens is 1. The van der Waals surface area contributed by atoms with Gasteiger partial charge in [0.1, 0.15) is 11.9 Å². The van der Waals surface area contributed by atoms with Crippen LogP contribution in [0.15, 0.2) is 43.1 Å². The second kappa shape index (κ2) is 6.73. The minimum atomic E-state index is -1.14. The molecule has 3 aromatic rings. The molecule has 156 valence electrons. The Morgan fingerprint density at radius 3 is 2.83 bits per heavy atom. The van der Waals surface area contributed by atoms with Gasteiger partial charge < -0.3 is 19.7 Å². The van der Waals surface area contributed by atoms with E-state index >= 15 is 4.39 Å². The third-order valence-corrected chi connectivity index (χ3v) is 6.21. The molecule has 2 aliphatic rings. The van der Waals surface area contributed by atoms with Gasteiger partial charge in [-0.15, -0.1) is 10.2 Å². The molecule has 0 unspecified atom stereocenters. The van der Waals surface area contributed by atoms with Crippen molar-refractivity contribution in [3.63, 3.8) is 0 Å². The third-order valence-electron chi connectivity index (χ3n) is 6.21. The largest absolute Gasteiger partial charge is 0.507 e. The molecule has 2 bridgehead atoms. The number of benzene rings is 1. The lowest BCUT2D eigenvalue weighted by atomic mass is 9.85. The number of imidazole rings is 1. The Hall–Kier alpha value is -3.07. The van der Waals surface area contributed by atoms with Crippen molar-refractivity contribution in [2.45, 2.75) is 56.5 Å². The van der Waals surface area contributed by atoms with Crippen LogP contribution in [0.3, 0.4) is 0 Å². The van der Waals surface area contributed by atoms with Crippen molar-refractivity contribution >= 4 is 0 Å². The Balaban J connectivity index is 1.34. The molecule has 0 spiro atoms. The van der Waals surface area contributed by atoms with E-state index in [0.29, 0.717) is 12.0 Å². The van der Waals surface area contributed by atoms with Crippen molar-refractivity contribution in [3.8, 4) is 28.7 Å². The van der Waals surface area contributed by atoms with E-state index in [0.717, 1.165) is 18.5 Å². The van der Waals surface area contributed by atoms with E-state index in [2.05, 4.69) is 32.4 Å². The fraction of sp³-hybridized carbons (Fsp3) is 0.429. The number of hydrogen-bond acceptors (Lipinski definition) is 7. The highest BCUT2D eigenvalue weighted by Crippen LogP contribution is 2.44. The standard InChI is InChI=1S/C21H23FN6O2/c1-20-5-6-21(2,27-20)18(22)16(10-20)30-17-11-24-19(26-25-17)14-4-3-13(9-15(14)29)28-8-7-23-12-28/h3-4,7-9,11-12,16,18,27,29H,5-6,10H2,1-2H3/t16-,18+,20-,21+/m0/s1. The van der Waals surface area contributed by atoms with E-state index < -0.39 is 17.8 Å². The van der Waals surface area contributed by atoms with Crippen molar-refractivity contribution in [1.29, 1.82) is 0 Å². The van der Waals surface area contributed by atoms with Crippen molar-refractivity contribution in [2.24, 2.45) is 0 Å². The quantitative estimate of drug-likeness (QED) is 0.682. The lowest BCUT2D eigenvalue weighted by Gasteiger charge is -2.43. The summed E-state index contributed by atoms with van der Waals surface area (Å²) in [6, 6.07) is 5.14. The van der Waals surface area contributed by atoms with E-state index in [9.17, 15) is 5.11 Å². The maximum atomic E-state index is 15.0. The van der Waals surface area contributed by atoms with Gasteiger partial charge in [0, 0.05) is 30.4 Å². The number of fused-ring (bicyclic) bond motifs is 2. The molecule has 0 radical (unpaired) electrons. The van der Waals surface area contributed by atoms with Crippen LogP contribution in [0.1, 0.15) is 33.1 Å². The van der Waals surface area contributed by atoms with Crippen LogP contribution >= 0.6 is 0 Å². The molecule has 4 atom stereocenters. The van der Waals surface area contributed by atoms with Crippen LogP contribution in [0, 0.1) is 0 Å². The minimum absolute atomic E-state index is 0.0243. The van der Waals surface area contributed by atoms with Crippen molar-refractivity contribution in [2.75, 3.05) is 0 Å². The first-order valence-corrected chi connectivity index (χ1v) is 9.97. The molecule has 0 amide bonds. The second-order valence-corrected chi connectivity index (χ2v) is 8.66. The third kappa shape index (κ3) is 3.19. The zero-order valence-electron chi connectivity index (χ0n) is 16.8. The number of piperidine rings is 1. The molecule has 4 heterocycles. The summed E-state index contributed by atoms with van der Waals surface area (Å²) >= 11 is 0. The smallest absolute Gasteiger partial charge is 0.252 e. The van der Waals surface area contributed by atoms with Crippen LogP contribution < -0.4 is 10.1 Å². The molecule has 0 saturated carbocycles. The number of aromatic nitrogens is 5. The van der Waals surface area contributed by atoms with E-state index in [1.807, 2.05) is 13.0 Å². The highest BCUT2D eigenvalue weighted by molar-refractivity contribution is 5.65. The van der Waals surface area contributed by atoms with Crippen LogP contribution in [-0.4, -0.2) is 53.2 Å². The zero-order valence-corrected chi connectivity index (χ0v) is 16.8. The normalized spacial score (nSPS) is 30.4. The van der Waals surface area contributed by atoms with Crippen molar-refractivity contribution < 1.29 is 14.2 Å². The van der Waals surface area contributed by atoms with Gasteiger partial charge in [0.15, 0.2) is 12.0 Å². The number of phenolic OH excluding ortho intramolecular Hbond substituents is 1. The van der Waals surface area contributed by atoms with Gasteiger partial charge in [-0.3, -0.25) is 0 Å². The zero-order chi connectivity index (χ0) is 20.9. The summed E-state index contributed by atoms with van der Waals surface area (Å²) in [5.41, 5.74) is 0.492. The number of ether oxygens (including phenoxy) is 1. The molecule has 1 aromatic carbocycles. The first kappa shape index (κ1) is 18.9. The maximum Gasteiger partial charge on any atom is 0.252 e. The van der Waals surface area contributed by atoms with E-state index in [1.165, 1.54) is 6.20 Å². The summed E-state index contributed by atoms with van der Waals surface area (Å²) in [7, 11) is 0. The molecular formula is C21H23FN6O2. The number of nitrogens with one attached hydrogen (secondary N) is 1. The van der Waals surface area contributed by atoms with Gasteiger partial charge in [-0.2, -0.15) is 0 Å². The fourth-order valence-electron chi connectivity index (χ4n) is 4.65. The molecule has 2 aliphatic heterocycles. The second-order valence-electron chi connectivity index (χ2n) is 8.66. The average Bonchev–Trinajstić information content (AvgIpc) is 3.34. The number of hydrogen-bond donors (Lipinski definition) is 2. The highest BCUT2D eigenvalue weighted by atomic mass is 19.1. The van der Waals surface area contributed by atoms with Gasteiger partial charge in [0.25, 0.3) is 5.88 Å². The number of alkyl halides is 1. The van der Waals surface area contributed by atoms with Crippen LogP contribution in [-0.2, 0) is 0 Å². The summed E-state index contributed by atoms with van der Waals surface area (Å²) in [6.07, 6.45) is 7.02. The summed E-state index contributed by atoms with van der Waals surface area (Å²) in [5, 5.41) is 22.0. The monoisotopic (exact) mass is 410 g/mol. The van der Waals surface area contributed by atoms with Gasteiger partial charge in [-0.25, -0.2) is 14.4 Å². The van der Waals surface area contributed by atoms with Crippen LogP contribution in [0.25, 0.3) is 17.1 Å². The van der Waals surface area contributed by atoms with E-state index in [4.69, 9.17) is 4.74 Å². The van der Waals surface area contributed by atoms with E-state index in [-0.39, 0.29) is 23.0 Å². The maximum absolute atomic E-state index is 15.0. The highest BCUT2D eigenvalue weighted by Gasteiger charge is 2.56. The molecule has 2 fully saturated rings. The molecule has 2 saturated heterocycles. The van der Waals surface area contributed by atoms with Crippen LogP contribution in [0.5, 0.6) is 11.6 Å². The molecule has 5 rings (SSSR count). The lowest BCUT2D eigenvalue weighted by Crippen LogP contribution is -2.63. The van der Waals surface area contributed by atoms with Gasteiger partial charge in [-0.05, 0) is 38.8 Å². The predicted octanol–water partition coefficient (Wildman–Crippen LogP) is 2.82.